The number of rotatable bonds is 1. The lowest BCUT2D eigenvalue weighted by Crippen LogP contribution is -2.43. The highest BCUT2D eigenvalue weighted by Crippen LogP contribution is 2.29. The topological polar surface area (TPSA) is 29.1 Å². The Hall–Kier alpha value is -1.57. The molecule has 2 nitrogen and oxygen atoms in total. The Labute approximate surface area is 96.4 Å². The first-order valence-corrected chi connectivity index (χ1v) is 5.57. The van der Waals surface area contributed by atoms with Gasteiger partial charge in [0.25, 0.3) is 0 Å². The third-order valence-corrected chi connectivity index (χ3v) is 2.76. The molecule has 0 bridgehead atoms. The maximum absolute atomic E-state index is 11.2. The molecule has 2 rings (SSSR count). The standard InChI is InChI=1S/C14H17NO/c1-10(16)8-13-12-7-5-4-6-11(12)9-14(2,3)15-13/h4-8,15H,9H2,1-3H3/b13-8+. The SMILES string of the molecule is CC(=O)/C=C1/NC(C)(C)Cc2ccccc21. The van der Waals surface area contributed by atoms with Crippen LogP contribution in [0.25, 0.3) is 5.70 Å². The summed E-state index contributed by atoms with van der Waals surface area (Å²) in [5, 5.41) is 3.42. The zero-order valence-electron chi connectivity index (χ0n) is 10.0. The molecular weight excluding hydrogens is 198 g/mol. The third kappa shape index (κ3) is 2.16. The van der Waals surface area contributed by atoms with Crippen molar-refractivity contribution in [2.24, 2.45) is 0 Å². The van der Waals surface area contributed by atoms with Gasteiger partial charge in [0.1, 0.15) is 0 Å². The predicted molar refractivity (Wildman–Crippen MR) is 66.0 cm³/mol. The lowest BCUT2D eigenvalue weighted by molar-refractivity contribution is -0.112. The molecule has 0 saturated carbocycles. The first-order chi connectivity index (χ1) is 7.48. The molecule has 16 heavy (non-hydrogen) atoms. The van der Waals surface area contributed by atoms with Crippen molar-refractivity contribution in [3.8, 4) is 0 Å². The van der Waals surface area contributed by atoms with Crippen LogP contribution < -0.4 is 5.32 Å². The fraction of sp³-hybridized carbons (Fsp3) is 0.357. The lowest BCUT2D eigenvalue weighted by atomic mass is 9.86. The molecule has 84 valence electrons. The number of fused-ring (bicyclic) bond motifs is 1. The fourth-order valence-electron chi connectivity index (χ4n) is 2.21. The molecule has 0 aromatic heterocycles. The maximum atomic E-state index is 11.2. The first kappa shape index (κ1) is 10.9. The smallest absolute Gasteiger partial charge is 0.154 e. The monoisotopic (exact) mass is 215 g/mol. The van der Waals surface area contributed by atoms with Crippen LogP contribution in [0, 0.1) is 0 Å². The summed E-state index contributed by atoms with van der Waals surface area (Å²) < 4.78 is 0. The maximum Gasteiger partial charge on any atom is 0.154 e. The number of nitrogens with one attached hydrogen (secondary N) is 1. The van der Waals surface area contributed by atoms with E-state index < -0.39 is 0 Å². The van der Waals surface area contributed by atoms with Crippen LogP contribution in [-0.4, -0.2) is 11.3 Å². The molecular formula is C14H17NO. The van der Waals surface area contributed by atoms with Gasteiger partial charge in [-0.05, 0) is 32.8 Å². The van der Waals surface area contributed by atoms with E-state index in [9.17, 15) is 4.79 Å². The molecule has 1 heterocycles. The Bertz CT molecular complexity index is 458. The number of carbonyl (C=O) groups excluding carboxylic acids is 1. The van der Waals surface area contributed by atoms with E-state index in [-0.39, 0.29) is 11.3 Å². The average Bonchev–Trinajstić information content (AvgIpc) is 2.14. The van der Waals surface area contributed by atoms with Crippen LogP contribution in [0.5, 0.6) is 0 Å². The molecule has 0 aliphatic carbocycles. The molecule has 1 aliphatic rings. The van der Waals surface area contributed by atoms with E-state index in [2.05, 4.69) is 31.3 Å². The van der Waals surface area contributed by atoms with Crippen LogP contribution in [0.1, 0.15) is 31.9 Å². The second-order valence-electron chi connectivity index (χ2n) is 5.01. The van der Waals surface area contributed by atoms with Gasteiger partial charge in [-0.15, -0.1) is 0 Å². The van der Waals surface area contributed by atoms with Crippen molar-refractivity contribution in [1.29, 1.82) is 0 Å². The average molecular weight is 215 g/mol. The van der Waals surface area contributed by atoms with Crippen LogP contribution in [0.15, 0.2) is 30.3 Å². The number of benzene rings is 1. The number of allylic oxidation sites excluding steroid dienone is 1. The summed E-state index contributed by atoms with van der Waals surface area (Å²) >= 11 is 0. The molecule has 1 aliphatic heterocycles. The van der Waals surface area contributed by atoms with Gasteiger partial charge in [-0.2, -0.15) is 0 Å². The van der Waals surface area contributed by atoms with Gasteiger partial charge in [-0.3, -0.25) is 4.79 Å². The largest absolute Gasteiger partial charge is 0.379 e. The fourth-order valence-corrected chi connectivity index (χ4v) is 2.21. The normalized spacial score (nSPS) is 20.1. The molecule has 1 aromatic rings. The highest BCUT2D eigenvalue weighted by atomic mass is 16.1. The van der Waals surface area contributed by atoms with Gasteiger partial charge in [0.2, 0.25) is 0 Å². The second kappa shape index (κ2) is 3.78. The van der Waals surface area contributed by atoms with E-state index in [4.69, 9.17) is 0 Å². The Kier molecular flexibility index (Phi) is 2.58. The lowest BCUT2D eigenvalue weighted by Gasteiger charge is -2.35. The van der Waals surface area contributed by atoms with Crippen molar-refractivity contribution < 1.29 is 4.79 Å². The van der Waals surface area contributed by atoms with Gasteiger partial charge in [0, 0.05) is 22.9 Å². The Morgan fingerprint density at radius 3 is 2.75 bits per heavy atom. The summed E-state index contributed by atoms with van der Waals surface area (Å²) in [6.07, 6.45) is 2.66. The van der Waals surface area contributed by atoms with Crippen LogP contribution >= 0.6 is 0 Å². The number of ketones is 1. The Balaban J connectivity index is 2.52. The molecule has 0 unspecified atom stereocenters. The van der Waals surface area contributed by atoms with E-state index in [1.807, 2.05) is 12.1 Å². The molecule has 0 saturated heterocycles. The zero-order valence-corrected chi connectivity index (χ0v) is 10.0. The van der Waals surface area contributed by atoms with E-state index >= 15 is 0 Å². The van der Waals surface area contributed by atoms with Crippen LogP contribution in [0.4, 0.5) is 0 Å². The summed E-state index contributed by atoms with van der Waals surface area (Å²) in [4.78, 5) is 11.2. The summed E-state index contributed by atoms with van der Waals surface area (Å²) in [5.74, 6) is 0.0787. The van der Waals surface area contributed by atoms with Gasteiger partial charge in [0.15, 0.2) is 5.78 Å². The summed E-state index contributed by atoms with van der Waals surface area (Å²) in [6, 6.07) is 8.25. The quantitative estimate of drug-likeness (QED) is 0.729. The predicted octanol–water partition coefficient (Wildman–Crippen LogP) is 2.54. The zero-order chi connectivity index (χ0) is 11.8. The van der Waals surface area contributed by atoms with Crippen molar-refractivity contribution in [2.75, 3.05) is 0 Å². The minimum Gasteiger partial charge on any atom is -0.379 e. The van der Waals surface area contributed by atoms with Crippen molar-refractivity contribution in [2.45, 2.75) is 32.7 Å². The van der Waals surface area contributed by atoms with Crippen LogP contribution in [0.3, 0.4) is 0 Å². The first-order valence-electron chi connectivity index (χ1n) is 5.57. The minimum absolute atomic E-state index is 0.00956. The van der Waals surface area contributed by atoms with E-state index in [1.165, 1.54) is 5.56 Å². The van der Waals surface area contributed by atoms with Gasteiger partial charge in [-0.1, -0.05) is 24.3 Å². The summed E-state index contributed by atoms with van der Waals surface area (Å²) in [7, 11) is 0. The molecule has 0 radical (unpaired) electrons. The second-order valence-corrected chi connectivity index (χ2v) is 5.01. The Morgan fingerprint density at radius 1 is 1.38 bits per heavy atom. The third-order valence-electron chi connectivity index (χ3n) is 2.76. The van der Waals surface area contributed by atoms with Crippen LogP contribution in [0.2, 0.25) is 0 Å². The van der Waals surface area contributed by atoms with Crippen molar-refractivity contribution in [3.63, 3.8) is 0 Å². The van der Waals surface area contributed by atoms with Gasteiger partial charge >= 0.3 is 0 Å². The summed E-state index contributed by atoms with van der Waals surface area (Å²) in [5.41, 5.74) is 3.41. The molecule has 2 heteroatoms. The molecule has 0 fully saturated rings. The number of carbonyl (C=O) groups is 1. The van der Waals surface area contributed by atoms with Crippen molar-refractivity contribution in [1.82, 2.24) is 5.32 Å². The number of hydrogen-bond donors (Lipinski definition) is 1. The van der Waals surface area contributed by atoms with Crippen LogP contribution in [-0.2, 0) is 11.2 Å². The van der Waals surface area contributed by atoms with E-state index in [1.54, 1.807) is 13.0 Å². The highest BCUT2D eigenvalue weighted by Gasteiger charge is 2.27. The molecule has 0 amide bonds. The molecule has 1 aromatic carbocycles. The van der Waals surface area contributed by atoms with E-state index in [0.717, 1.165) is 17.7 Å². The molecule has 0 atom stereocenters. The Morgan fingerprint density at radius 2 is 2.06 bits per heavy atom. The highest BCUT2D eigenvalue weighted by molar-refractivity contribution is 5.95. The van der Waals surface area contributed by atoms with Gasteiger partial charge in [0.05, 0.1) is 0 Å². The minimum atomic E-state index is 0.00956. The number of hydrogen-bond acceptors (Lipinski definition) is 2. The van der Waals surface area contributed by atoms with Crippen molar-refractivity contribution in [3.05, 3.63) is 41.5 Å². The summed E-state index contributed by atoms with van der Waals surface area (Å²) in [6.45, 7) is 5.88. The van der Waals surface area contributed by atoms with Gasteiger partial charge < -0.3 is 5.32 Å². The molecule has 1 N–H and O–H groups in total. The molecule has 0 spiro atoms. The van der Waals surface area contributed by atoms with Gasteiger partial charge in [-0.25, -0.2) is 0 Å². The van der Waals surface area contributed by atoms with E-state index in [0.29, 0.717) is 0 Å². The van der Waals surface area contributed by atoms with Crippen molar-refractivity contribution >= 4 is 11.5 Å².